The van der Waals surface area contributed by atoms with E-state index < -0.39 is 0 Å². The summed E-state index contributed by atoms with van der Waals surface area (Å²) < 4.78 is 10.7. The summed E-state index contributed by atoms with van der Waals surface area (Å²) >= 11 is 0. The third kappa shape index (κ3) is 2.79. The van der Waals surface area contributed by atoms with Gasteiger partial charge in [-0.15, -0.1) is 0 Å². The second-order valence-electron chi connectivity index (χ2n) is 3.38. The van der Waals surface area contributed by atoms with Crippen LogP contribution in [-0.2, 0) is 9.47 Å². The topological polar surface area (TPSA) is 21.7 Å². The molecular weight excluding hydrogens is 166 g/mol. The van der Waals surface area contributed by atoms with Crippen molar-refractivity contribution in [2.75, 3.05) is 27.8 Å². The summed E-state index contributed by atoms with van der Waals surface area (Å²) in [6, 6.07) is 0. The molecule has 13 heavy (non-hydrogen) atoms. The molecule has 1 heterocycles. The van der Waals surface area contributed by atoms with Gasteiger partial charge in [0.05, 0.1) is 0 Å². The molecule has 0 aliphatic carbocycles. The monoisotopic (exact) mass is 185 g/mol. The highest BCUT2D eigenvalue weighted by Gasteiger charge is 2.23. The Balaban J connectivity index is 2.67. The van der Waals surface area contributed by atoms with Gasteiger partial charge in [-0.3, -0.25) is 4.90 Å². The molecule has 2 unspecified atom stereocenters. The van der Waals surface area contributed by atoms with Crippen LogP contribution in [0.4, 0.5) is 0 Å². The minimum Gasteiger partial charge on any atom is -0.373 e. The summed E-state index contributed by atoms with van der Waals surface area (Å²) in [6.07, 6.45) is 6.66. The average molecular weight is 185 g/mol. The maximum Gasteiger partial charge on any atom is 0.140 e. The first-order valence-corrected chi connectivity index (χ1v) is 4.72. The number of hydrogen-bond donors (Lipinski definition) is 0. The maximum absolute atomic E-state index is 5.39. The largest absolute Gasteiger partial charge is 0.373 e. The van der Waals surface area contributed by atoms with Gasteiger partial charge in [0, 0.05) is 20.8 Å². The van der Waals surface area contributed by atoms with Gasteiger partial charge in [0.1, 0.15) is 12.3 Å². The molecule has 0 saturated heterocycles. The zero-order valence-electron chi connectivity index (χ0n) is 8.69. The Morgan fingerprint density at radius 2 is 2.08 bits per heavy atom. The van der Waals surface area contributed by atoms with Crippen molar-refractivity contribution in [2.45, 2.75) is 25.2 Å². The van der Waals surface area contributed by atoms with E-state index >= 15 is 0 Å². The van der Waals surface area contributed by atoms with Crippen LogP contribution < -0.4 is 0 Å². The van der Waals surface area contributed by atoms with Crippen molar-refractivity contribution in [3.8, 4) is 0 Å². The molecule has 0 fully saturated rings. The van der Waals surface area contributed by atoms with E-state index in [-0.39, 0.29) is 12.3 Å². The van der Waals surface area contributed by atoms with Crippen LogP contribution in [0.1, 0.15) is 12.8 Å². The third-order valence-corrected chi connectivity index (χ3v) is 2.44. The molecule has 0 bridgehead atoms. The van der Waals surface area contributed by atoms with Gasteiger partial charge in [0.25, 0.3) is 0 Å². The molecule has 0 radical (unpaired) electrons. The van der Waals surface area contributed by atoms with Crippen molar-refractivity contribution in [2.24, 2.45) is 0 Å². The normalized spacial score (nSPS) is 31.3. The van der Waals surface area contributed by atoms with Crippen LogP contribution in [0.3, 0.4) is 0 Å². The number of ether oxygens (including phenoxy) is 2. The molecule has 76 valence electrons. The predicted octanol–water partition coefficient (Wildman–Crippen LogP) is 1.26. The second kappa shape index (κ2) is 5.37. The Hall–Kier alpha value is -0.380. The molecule has 0 spiro atoms. The van der Waals surface area contributed by atoms with E-state index in [9.17, 15) is 0 Å². The zero-order valence-corrected chi connectivity index (χ0v) is 8.69. The molecule has 0 saturated carbocycles. The van der Waals surface area contributed by atoms with E-state index in [1.165, 1.54) is 6.42 Å². The third-order valence-electron chi connectivity index (χ3n) is 2.44. The first-order valence-electron chi connectivity index (χ1n) is 4.72. The fraction of sp³-hybridized carbons (Fsp3) is 0.800. The fourth-order valence-corrected chi connectivity index (χ4v) is 1.67. The highest BCUT2D eigenvalue weighted by atomic mass is 16.5. The van der Waals surface area contributed by atoms with Gasteiger partial charge in [0.2, 0.25) is 0 Å². The number of likely N-dealkylation sites (N-methyl/N-ethyl adjacent to an activating group) is 1. The van der Waals surface area contributed by atoms with Crippen molar-refractivity contribution < 1.29 is 9.47 Å². The lowest BCUT2D eigenvalue weighted by atomic mass is 10.1. The van der Waals surface area contributed by atoms with Crippen molar-refractivity contribution >= 4 is 0 Å². The van der Waals surface area contributed by atoms with Crippen LogP contribution in [0.5, 0.6) is 0 Å². The summed E-state index contributed by atoms with van der Waals surface area (Å²) in [5.74, 6) is 0. The van der Waals surface area contributed by atoms with Gasteiger partial charge >= 0.3 is 0 Å². The van der Waals surface area contributed by atoms with Crippen LogP contribution in [0.2, 0.25) is 0 Å². The van der Waals surface area contributed by atoms with Crippen molar-refractivity contribution in [3.05, 3.63) is 12.2 Å². The second-order valence-corrected chi connectivity index (χ2v) is 3.38. The molecular formula is C10H19NO2. The Bertz CT molecular complexity index is 170. The van der Waals surface area contributed by atoms with E-state index in [0.717, 1.165) is 13.0 Å². The molecule has 2 atom stereocenters. The number of rotatable bonds is 2. The lowest BCUT2D eigenvalue weighted by Gasteiger charge is -2.32. The number of hydrogen-bond acceptors (Lipinski definition) is 3. The highest BCUT2D eigenvalue weighted by Crippen LogP contribution is 2.13. The molecule has 1 aliphatic rings. The van der Waals surface area contributed by atoms with Crippen molar-refractivity contribution in [3.63, 3.8) is 0 Å². The minimum atomic E-state index is 0.0431. The Labute approximate surface area is 80.3 Å². The van der Waals surface area contributed by atoms with Gasteiger partial charge in [-0.25, -0.2) is 0 Å². The van der Waals surface area contributed by atoms with E-state index in [1.54, 1.807) is 14.2 Å². The van der Waals surface area contributed by atoms with E-state index in [4.69, 9.17) is 9.47 Å². The van der Waals surface area contributed by atoms with Gasteiger partial charge in [-0.2, -0.15) is 0 Å². The first kappa shape index (κ1) is 10.7. The van der Waals surface area contributed by atoms with Gasteiger partial charge in [-0.1, -0.05) is 12.2 Å². The summed E-state index contributed by atoms with van der Waals surface area (Å²) in [5, 5.41) is 0. The number of allylic oxidation sites excluding steroid dienone is 1. The molecule has 0 aromatic carbocycles. The van der Waals surface area contributed by atoms with Gasteiger partial charge < -0.3 is 9.47 Å². The van der Waals surface area contributed by atoms with Crippen LogP contribution >= 0.6 is 0 Å². The van der Waals surface area contributed by atoms with E-state index in [0.29, 0.717) is 0 Å². The summed E-state index contributed by atoms with van der Waals surface area (Å²) in [5.41, 5.74) is 0. The fourth-order valence-electron chi connectivity index (χ4n) is 1.67. The molecule has 3 heteroatoms. The molecule has 3 nitrogen and oxygen atoms in total. The van der Waals surface area contributed by atoms with E-state index in [1.807, 2.05) is 0 Å². The molecule has 0 aromatic rings. The molecule has 0 N–H and O–H groups in total. The van der Waals surface area contributed by atoms with Crippen LogP contribution in [0.25, 0.3) is 0 Å². The van der Waals surface area contributed by atoms with Crippen LogP contribution in [0.15, 0.2) is 12.2 Å². The molecule has 1 aliphatic heterocycles. The van der Waals surface area contributed by atoms with Crippen molar-refractivity contribution in [1.82, 2.24) is 4.90 Å². The Morgan fingerprint density at radius 3 is 2.69 bits per heavy atom. The van der Waals surface area contributed by atoms with Gasteiger partial charge in [0.15, 0.2) is 0 Å². The minimum absolute atomic E-state index is 0.0431. The summed E-state index contributed by atoms with van der Waals surface area (Å²) in [4.78, 5) is 2.19. The lowest BCUT2D eigenvalue weighted by molar-refractivity contribution is -0.0936. The molecule has 0 amide bonds. The highest BCUT2D eigenvalue weighted by molar-refractivity contribution is 4.95. The van der Waals surface area contributed by atoms with Crippen LogP contribution in [0, 0.1) is 0 Å². The predicted molar refractivity (Wildman–Crippen MR) is 52.6 cm³/mol. The first-order chi connectivity index (χ1) is 6.29. The average Bonchev–Trinajstić information content (AvgIpc) is 2.12. The quantitative estimate of drug-likeness (QED) is 0.604. The summed E-state index contributed by atoms with van der Waals surface area (Å²) in [6.45, 7) is 1.06. The SMILES string of the molecule is COC1C=CCCCN(C)C1OC. The Morgan fingerprint density at radius 1 is 1.31 bits per heavy atom. The smallest absolute Gasteiger partial charge is 0.140 e. The summed E-state index contributed by atoms with van der Waals surface area (Å²) in [7, 11) is 5.51. The maximum atomic E-state index is 5.39. The van der Waals surface area contributed by atoms with Gasteiger partial charge in [-0.05, 0) is 19.9 Å². The standard InChI is InChI=1S/C10H19NO2/c1-11-8-6-4-5-7-9(12-2)10(11)13-3/h5,7,9-10H,4,6,8H2,1-3H3. The zero-order chi connectivity index (χ0) is 9.68. The lowest BCUT2D eigenvalue weighted by Crippen LogP contribution is -2.43. The molecule has 1 rings (SSSR count). The number of methoxy groups -OCH3 is 2. The number of nitrogens with zero attached hydrogens (tertiary/aromatic N) is 1. The Kier molecular flexibility index (Phi) is 4.42. The molecule has 0 aromatic heterocycles. The van der Waals surface area contributed by atoms with E-state index in [2.05, 4.69) is 24.1 Å². The van der Waals surface area contributed by atoms with Crippen molar-refractivity contribution in [1.29, 1.82) is 0 Å². The van der Waals surface area contributed by atoms with Crippen LogP contribution in [-0.4, -0.2) is 45.0 Å².